The molecule has 0 saturated carbocycles. The number of aliphatic hydroxyl groups excluding tert-OH is 1. The second kappa shape index (κ2) is 8.74. The molecule has 0 saturated heterocycles. The maximum absolute atomic E-state index is 15.2. The third kappa shape index (κ3) is 4.65. The average Bonchev–Trinajstić information content (AvgIpc) is 2.69. The van der Waals surface area contributed by atoms with Crippen molar-refractivity contribution in [3.8, 4) is 17.6 Å². The van der Waals surface area contributed by atoms with Crippen LogP contribution in [0.2, 0.25) is 5.02 Å². The van der Waals surface area contributed by atoms with Crippen molar-refractivity contribution in [2.45, 2.75) is 20.1 Å². The maximum Gasteiger partial charge on any atom is 0.271 e. The zero-order valence-corrected chi connectivity index (χ0v) is 17.5. The molecule has 0 radical (unpaired) electrons. The first-order chi connectivity index (χ1) is 13.8. The van der Waals surface area contributed by atoms with Gasteiger partial charge in [-0.05, 0) is 58.7 Å². The topological polar surface area (TPSA) is 88.1 Å². The molecule has 3 rings (SSSR count). The Kier molecular flexibility index (Phi) is 6.33. The molecule has 9 heteroatoms. The van der Waals surface area contributed by atoms with Gasteiger partial charge in [0.1, 0.15) is 12.5 Å². The van der Waals surface area contributed by atoms with Gasteiger partial charge in [0, 0.05) is 17.0 Å². The molecule has 29 heavy (non-hydrogen) atoms. The molecule has 0 unspecified atom stereocenters. The molecule has 1 aromatic heterocycles. The molecule has 1 N–H and O–H groups in total. The number of hydrogen-bond acceptors (Lipinski definition) is 5. The van der Waals surface area contributed by atoms with Gasteiger partial charge in [0.15, 0.2) is 11.6 Å². The molecule has 0 amide bonds. The van der Waals surface area contributed by atoms with Gasteiger partial charge in [0.2, 0.25) is 0 Å². The number of rotatable bonds is 5. The number of nitriles is 1. The summed E-state index contributed by atoms with van der Waals surface area (Å²) in [6, 6.07) is 11.1. The van der Waals surface area contributed by atoms with Gasteiger partial charge in [0.05, 0.1) is 21.8 Å². The van der Waals surface area contributed by atoms with Crippen molar-refractivity contribution < 1.29 is 14.2 Å². The quantitative estimate of drug-likeness (QED) is 0.590. The standard InChI is InChI=1S/C20H14BrClFN3O3/c1-11-4-15(25-26(10-27)20(11)28)7-13-2-3-17(21)19(18(13)23)29-16-6-12(9-24)5-14(22)8-16/h2-6,8,27H,7,10H2,1H3. The SMILES string of the molecule is Cc1cc(Cc2ccc(Br)c(Oc3cc(Cl)cc(C#N)c3)c2F)nn(CO)c1=O. The number of hydrogen-bond donors (Lipinski definition) is 1. The number of benzene rings is 2. The van der Waals surface area contributed by atoms with E-state index in [2.05, 4.69) is 21.0 Å². The maximum atomic E-state index is 15.2. The molecular weight excluding hydrogens is 465 g/mol. The molecule has 6 nitrogen and oxygen atoms in total. The Hall–Kier alpha value is -2.73. The van der Waals surface area contributed by atoms with Crippen LogP contribution < -0.4 is 10.3 Å². The third-order valence-electron chi connectivity index (χ3n) is 4.06. The molecule has 148 valence electrons. The molecule has 0 bridgehead atoms. The summed E-state index contributed by atoms with van der Waals surface area (Å²) in [7, 11) is 0. The van der Waals surface area contributed by atoms with Crippen molar-refractivity contribution in [3.05, 3.63) is 84.4 Å². The van der Waals surface area contributed by atoms with E-state index in [-0.39, 0.29) is 34.1 Å². The average molecular weight is 479 g/mol. The number of aryl methyl sites for hydroxylation is 1. The second-order valence-corrected chi connectivity index (χ2v) is 7.47. The van der Waals surface area contributed by atoms with Gasteiger partial charge in [-0.2, -0.15) is 10.4 Å². The van der Waals surface area contributed by atoms with E-state index in [1.807, 2.05) is 6.07 Å². The third-order valence-corrected chi connectivity index (χ3v) is 4.90. The Morgan fingerprint density at radius 3 is 2.79 bits per heavy atom. The van der Waals surface area contributed by atoms with Crippen molar-refractivity contribution >= 4 is 27.5 Å². The smallest absolute Gasteiger partial charge is 0.271 e. The molecular formula is C20H14BrClFN3O3. The summed E-state index contributed by atoms with van der Waals surface area (Å²) in [6.07, 6.45) is 0.0790. The Morgan fingerprint density at radius 2 is 2.10 bits per heavy atom. The predicted molar refractivity (Wildman–Crippen MR) is 109 cm³/mol. The van der Waals surface area contributed by atoms with E-state index in [1.54, 1.807) is 25.1 Å². The largest absolute Gasteiger partial charge is 0.453 e. The number of halogens is 3. The van der Waals surface area contributed by atoms with E-state index in [0.29, 0.717) is 15.7 Å². The van der Waals surface area contributed by atoms with Gasteiger partial charge in [-0.15, -0.1) is 0 Å². The zero-order valence-electron chi connectivity index (χ0n) is 15.1. The van der Waals surface area contributed by atoms with Crippen LogP contribution in [0.15, 0.2) is 45.7 Å². The lowest BCUT2D eigenvalue weighted by molar-refractivity contribution is 0.187. The highest BCUT2D eigenvalue weighted by molar-refractivity contribution is 9.10. The van der Waals surface area contributed by atoms with E-state index in [4.69, 9.17) is 21.6 Å². The first-order valence-corrected chi connectivity index (χ1v) is 9.53. The normalized spacial score (nSPS) is 10.6. The summed E-state index contributed by atoms with van der Waals surface area (Å²) < 4.78 is 22.1. The van der Waals surface area contributed by atoms with Crippen LogP contribution in [0.4, 0.5) is 4.39 Å². The highest BCUT2D eigenvalue weighted by Crippen LogP contribution is 2.36. The van der Waals surface area contributed by atoms with Gasteiger partial charge in [-0.1, -0.05) is 17.7 Å². The predicted octanol–water partition coefficient (Wildman–Crippen LogP) is 4.31. The fourth-order valence-corrected chi connectivity index (χ4v) is 3.34. The van der Waals surface area contributed by atoms with Crippen molar-refractivity contribution in [2.75, 3.05) is 0 Å². The molecule has 3 aromatic rings. The van der Waals surface area contributed by atoms with Gasteiger partial charge >= 0.3 is 0 Å². The highest BCUT2D eigenvalue weighted by atomic mass is 79.9. The monoisotopic (exact) mass is 477 g/mol. The van der Waals surface area contributed by atoms with E-state index in [0.717, 1.165) is 4.68 Å². The lowest BCUT2D eigenvalue weighted by Crippen LogP contribution is -2.26. The van der Waals surface area contributed by atoms with Crippen LogP contribution in [0.5, 0.6) is 11.5 Å². The van der Waals surface area contributed by atoms with Crippen molar-refractivity contribution in [2.24, 2.45) is 0 Å². The molecule has 0 aliphatic rings. The van der Waals surface area contributed by atoms with Crippen LogP contribution in [-0.4, -0.2) is 14.9 Å². The van der Waals surface area contributed by atoms with Crippen molar-refractivity contribution in [1.29, 1.82) is 5.26 Å². The number of aliphatic hydroxyl groups is 1. The van der Waals surface area contributed by atoms with Gasteiger partial charge < -0.3 is 9.84 Å². The molecule has 0 aliphatic carbocycles. The number of aromatic nitrogens is 2. The van der Waals surface area contributed by atoms with Gasteiger partial charge in [-0.25, -0.2) is 9.07 Å². The highest BCUT2D eigenvalue weighted by Gasteiger charge is 2.17. The van der Waals surface area contributed by atoms with E-state index >= 15 is 4.39 Å². The molecule has 1 heterocycles. The summed E-state index contributed by atoms with van der Waals surface area (Å²) in [4.78, 5) is 11.9. The molecule has 0 atom stereocenters. The summed E-state index contributed by atoms with van der Waals surface area (Å²) in [6.45, 7) is 1.03. The zero-order chi connectivity index (χ0) is 21.1. The fraction of sp³-hybridized carbons (Fsp3) is 0.150. The Bertz CT molecular complexity index is 1190. The summed E-state index contributed by atoms with van der Waals surface area (Å²) in [5.41, 5.74) is 0.955. The molecule has 0 spiro atoms. The van der Waals surface area contributed by atoms with Crippen LogP contribution in [0.1, 0.15) is 22.4 Å². The fourth-order valence-electron chi connectivity index (χ4n) is 2.73. The summed E-state index contributed by atoms with van der Waals surface area (Å²) in [5, 5.41) is 22.7. The van der Waals surface area contributed by atoms with Gasteiger partial charge in [0.25, 0.3) is 5.56 Å². The first kappa shape index (κ1) is 21.0. The Labute approximate surface area is 178 Å². The van der Waals surface area contributed by atoms with Crippen LogP contribution in [0.3, 0.4) is 0 Å². The van der Waals surface area contributed by atoms with Crippen LogP contribution in [-0.2, 0) is 13.2 Å². The van der Waals surface area contributed by atoms with Crippen LogP contribution >= 0.6 is 27.5 Å². The van der Waals surface area contributed by atoms with Crippen LogP contribution in [0, 0.1) is 24.1 Å². The minimum absolute atomic E-state index is 0.0686. The first-order valence-electron chi connectivity index (χ1n) is 8.36. The lowest BCUT2D eigenvalue weighted by Gasteiger charge is -2.13. The number of nitrogens with zero attached hydrogens (tertiary/aromatic N) is 3. The van der Waals surface area contributed by atoms with E-state index < -0.39 is 18.1 Å². The van der Waals surface area contributed by atoms with E-state index in [1.165, 1.54) is 18.2 Å². The molecule has 0 aliphatic heterocycles. The second-order valence-electron chi connectivity index (χ2n) is 6.18. The molecule has 0 fully saturated rings. The Balaban J connectivity index is 1.98. The van der Waals surface area contributed by atoms with E-state index in [9.17, 15) is 9.90 Å². The summed E-state index contributed by atoms with van der Waals surface area (Å²) >= 11 is 9.24. The minimum atomic E-state index is -0.626. The van der Waals surface area contributed by atoms with Crippen molar-refractivity contribution in [1.82, 2.24) is 9.78 Å². The summed E-state index contributed by atoms with van der Waals surface area (Å²) in [5.74, 6) is -0.478. The van der Waals surface area contributed by atoms with Crippen molar-refractivity contribution in [3.63, 3.8) is 0 Å². The lowest BCUT2D eigenvalue weighted by atomic mass is 10.1. The van der Waals surface area contributed by atoms with Gasteiger partial charge in [-0.3, -0.25) is 4.79 Å². The molecule has 2 aromatic carbocycles. The Morgan fingerprint density at radius 1 is 1.34 bits per heavy atom. The number of ether oxygens (including phenoxy) is 1. The minimum Gasteiger partial charge on any atom is -0.453 e. The van der Waals surface area contributed by atoms with Crippen LogP contribution in [0.25, 0.3) is 0 Å².